The first kappa shape index (κ1) is 14.5. The average Bonchev–Trinajstić information content (AvgIpc) is 3.20. The second-order valence-electron chi connectivity index (χ2n) is 5.82. The first-order valence-electron chi connectivity index (χ1n) is 7.23. The van der Waals surface area contributed by atoms with E-state index in [4.69, 9.17) is 21.1 Å². The Morgan fingerprint density at radius 2 is 1.65 bits per heavy atom. The highest BCUT2D eigenvalue weighted by molar-refractivity contribution is 9.09. The van der Waals surface area contributed by atoms with E-state index >= 15 is 0 Å². The zero-order valence-electron chi connectivity index (χ0n) is 11.9. The van der Waals surface area contributed by atoms with Crippen LogP contribution in [0.5, 0.6) is 11.5 Å². The van der Waals surface area contributed by atoms with Gasteiger partial charge in [0.2, 0.25) is 0 Å². The van der Waals surface area contributed by atoms with Gasteiger partial charge in [-0.2, -0.15) is 0 Å². The monoisotopic (exact) mass is 358 g/mol. The fourth-order valence-electron chi connectivity index (χ4n) is 3.77. The minimum Gasteiger partial charge on any atom is -0.493 e. The van der Waals surface area contributed by atoms with E-state index in [1.54, 1.807) is 14.2 Å². The average molecular weight is 360 g/mol. The van der Waals surface area contributed by atoms with Crippen LogP contribution >= 0.6 is 27.5 Å². The molecule has 20 heavy (non-hydrogen) atoms. The van der Waals surface area contributed by atoms with E-state index in [-0.39, 0.29) is 0 Å². The van der Waals surface area contributed by atoms with Gasteiger partial charge in [-0.15, -0.1) is 0 Å². The van der Waals surface area contributed by atoms with E-state index in [9.17, 15) is 0 Å². The molecule has 0 amide bonds. The molecular weight excluding hydrogens is 340 g/mol. The Morgan fingerprint density at radius 3 is 2.20 bits per heavy atom. The Bertz CT molecular complexity index is 493. The summed E-state index contributed by atoms with van der Waals surface area (Å²) in [7, 11) is 3.30. The van der Waals surface area contributed by atoms with Crippen molar-refractivity contribution in [2.75, 3.05) is 14.2 Å². The Balaban J connectivity index is 1.86. The quantitative estimate of drug-likeness (QED) is 0.685. The van der Waals surface area contributed by atoms with Gasteiger partial charge in [0.05, 0.1) is 14.2 Å². The molecule has 2 aliphatic rings. The highest BCUT2D eigenvalue weighted by Crippen LogP contribution is 2.63. The van der Waals surface area contributed by atoms with Gasteiger partial charge in [-0.05, 0) is 42.2 Å². The van der Waals surface area contributed by atoms with Crippen molar-refractivity contribution in [3.05, 3.63) is 22.7 Å². The molecule has 3 unspecified atom stereocenters. The second-order valence-corrected chi connectivity index (χ2v) is 7.21. The standard InChI is InChI=1S/C16H20BrClO2/c1-19-13-7-11(12(18)8-14(13)20-2)16(17)15-9-5-3-4-6-10(9)15/h7-10,15-16H,3-6H2,1-2H3. The van der Waals surface area contributed by atoms with Gasteiger partial charge in [0, 0.05) is 15.9 Å². The number of hydrogen-bond donors (Lipinski definition) is 0. The molecule has 0 bridgehead atoms. The van der Waals surface area contributed by atoms with Crippen molar-refractivity contribution < 1.29 is 9.47 Å². The molecular formula is C16H20BrClO2. The normalized spacial score (nSPS) is 29.5. The summed E-state index contributed by atoms with van der Waals surface area (Å²) in [5, 5.41) is 0.758. The van der Waals surface area contributed by atoms with Crippen LogP contribution in [0.1, 0.15) is 36.1 Å². The van der Waals surface area contributed by atoms with Gasteiger partial charge in [0.1, 0.15) is 0 Å². The van der Waals surface area contributed by atoms with E-state index in [0.29, 0.717) is 10.6 Å². The minimum absolute atomic E-state index is 0.322. The highest BCUT2D eigenvalue weighted by Gasteiger charge is 2.54. The summed E-state index contributed by atoms with van der Waals surface area (Å²) in [6.07, 6.45) is 5.53. The molecule has 0 aliphatic heterocycles. The smallest absolute Gasteiger partial charge is 0.162 e. The van der Waals surface area contributed by atoms with Crippen LogP contribution < -0.4 is 9.47 Å². The largest absolute Gasteiger partial charge is 0.493 e. The summed E-state index contributed by atoms with van der Waals surface area (Å²) in [4.78, 5) is 0.322. The predicted octanol–water partition coefficient (Wildman–Crippen LogP) is 5.23. The number of methoxy groups -OCH3 is 2. The molecule has 2 fully saturated rings. The molecule has 1 aromatic carbocycles. The van der Waals surface area contributed by atoms with Crippen LogP contribution in [-0.4, -0.2) is 14.2 Å². The molecule has 2 nitrogen and oxygen atoms in total. The maximum atomic E-state index is 6.44. The number of halogens is 2. The first-order valence-corrected chi connectivity index (χ1v) is 8.52. The zero-order chi connectivity index (χ0) is 14.3. The summed E-state index contributed by atoms with van der Waals surface area (Å²) < 4.78 is 10.7. The van der Waals surface area contributed by atoms with Gasteiger partial charge in [0.25, 0.3) is 0 Å². The molecule has 0 spiro atoms. The van der Waals surface area contributed by atoms with Crippen LogP contribution in [0.25, 0.3) is 0 Å². The first-order chi connectivity index (χ1) is 9.67. The number of ether oxygens (including phenoxy) is 2. The summed E-state index contributed by atoms with van der Waals surface area (Å²) >= 11 is 10.3. The van der Waals surface area contributed by atoms with Gasteiger partial charge < -0.3 is 9.47 Å². The Kier molecular flexibility index (Phi) is 4.19. The molecule has 0 saturated heterocycles. The van der Waals surface area contributed by atoms with Crippen molar-refractivity contribution in [2.45, 2.75) is 30.5 Å². The van der Waals surface area contributed by atoms with E-state index in [1.807, 2.05) is 12.1 Å². The van der Waals surface area contributed by atoms with Gasteiger partial charge in [0.15, 0.2) is 11.5 Å². The molecule has 2 aliphatic carbocycles. The Hall–Kier alpha value is -0.410. The van der Waals surface area contributed by atoms with E-state index in [0.717, 1.165) is 34.1 Å². The lowest BCUT2D eigenvalue weighted by molar-refractivity contribution is 0.354. The van der Waals surface area contributed by atoms with E-state index in [1.165, 1.54) is 25.7 Å². The van der Waals surface area contributed by atoms with Crippen molar-refractivity contribution in [1.29, 1.82) is 0 Å². The summed E-state index contributed by atoms with van der Waals surface area (Å²) in [6.45, 7) is 0. The Labute approximate surface area is 133 Å². The summed E-state index contributed by atoms with van der Waals surface area (Å²) in [6, 6.07) is 3.88. The zero-order valence-corrected chi connectivity index (χ0v) is 14.2. The van der Waals surface area contributed by atoms with Crippen LogP contribution in [0.15, 0.2) is 12.1 Å². The molecule has 2 saturated carbocycles. The van der Waals surface area contributed by atoms with Gasteiger partial charge in [-0.25, -0.2) is 0 Å². The van der Waals surface area contributed by atoms with E-state index in [2.05, 4.69) is 15.9 Å². The minimum atomic E-state index is 0.322. The lowest BCUT2D eigenvalue weighted by Gasteiger charge is -2.16. The van der Waals surface area contributed by atoms with Crippen molar-refractivity contribution in [1.82, 2.24) is 0 Å². The van der Waals surface area contributed by atoms with Crippen LogP contribution in [0.2, 0.25) is 5.02 Å². The molecule has 1 aromatic rings. The lowest BCUT2D eigenvalue weighted by atomic mass is 10.0. The molecule has 0 radical (unpaired) electrons. The fourth-order valence-corrected chi connectivity index (χ4v) is 5.34. The molecule has 0 heterocycles. The van der Waals surface area contributed by atoms with E-state index < -0.39 is 0 Å². The van der Waals surface area contributed by atoms with Crippen LogP contribution in [0, 0.1) is 17.8 Å². The van der Waals surface area contributed by atoms with Crippen LogP contribution in [-0.2, 0) is 0 Å². The second kappa shape index (κ2) is 5.76. The lowest BCUT2D eigenvalue weighted by Crippen LogP contribution is -1.99. The van der Waals surface area contributed by atoms with Gasteiger partial charge in [-0.1, -0.05) is 40.4 Å². The third-order valence-corrected chi connectivity index (χ3v) is 6.29. The molecule has 0 aromatic heterocycles. The third-order valence-electron chi connectivity index (χ3n) is 4.86. The maximum absolute atomic E-state index is 6.44. The number of fused-ring (bicyclic) bond motifs is 1. The van der Waals surface area contributed by atoms with Gasteiger partial charge >= 0.3 is 0 Å². The molecule has 4 heteroatoms. The summed E-state index contributed by atoms with van der Waals surface area (Å²) in [5.41, 5.74) is 1.13. The predicted molar refractivity (Wildman–Crippen MR) is 85.2 cm³/mol. The SMILES string of the molecule is COc1cc(Cl)c(C(Br)C2C3CCCCC32)cc1OC. The number of benzene rings is 1. The fraction of sp³-hybridized carbons (Fsp3) is 0.625. The Morgan fingerprint density at radius 1 is 1.10 bits per heavy atom. The maximum Gasteiger partial charge on any atom is 0.162 e. The van der Waals surface area contributed by atoms with Crippen molar-refractivity contribution in [3.8, 4) is 11.5 Å². The number of rotatable bonds is 4. The van der Waals surface area contributed by atoms with Gasteiger partial charge in [-0.3, -0.25) is 0 Å². The van der Waals surface area contributed by atoms with Crippen molar-refractivity contribution in [2.24, 2.45) is 17.8 Å². The topological polar surface area (TPSA) is 18.5 Å². The number of alkyl halides is 1. The van der Waals surface area contributed by atoms with Crippen molar-refractivity contribution >= 4 is 27.5 Å². The molecule has 3 rings (SSSR count). The summed E-state index contributed by atoms with van der Waals surface area (Å²) in [5.74, 6) is 3.94. The number of hydrogen-bond acceptors (Lipinski definition) is 2. The van der Waals surface area contributed by atoms with Crippen LogP contribution in [0.4, 0.5) is 0 Å². The molecule has 0 N–H and O–H groups in total. The molecule has 3 atom stereocenters. The van der Waals surface area contributed by atoms with Crippen molar-refractivity contribution in [3.63, 3.8) is 0 Å². The third kappa shape index (κ3) is 2.43. The van der Waals surface area contributed by atoms with Crippen LogP contribution in [0.3, 0.4) is 0 Å². The highest BCUT2D eigenvalue weighted by atomic mass is 79.9. The molecule has 110 valence electrons.